The van der Waals surface area contributed by atoms with Gasteiger partial charge in [0, 0.05) is 24.0 Å². The molecule has 0 aliphatic carbocycles. The topological polar surface area (TPSA) is 55.8 Å². The van der Waals surface area contributed by atoms with E-state index in [9.17, 15) is 9.90 Å². The molecule has 0 spiro atoms. The maximum absolute atomic E-state index is 11.2. The Kier molecular flexibility index (Phi) is 2.08. The van der Waals surface area contributed by atoms with E-state index in [2.05, 4.69) is 0 Å². The number of benzene rings is 1. The third-order valence-electron chi connectivity index (χ3n) is 3.36. The van der Waals surface area contributed by atoms with E-state index >= 15 is 0 Å². The van der Waals surface area contributed by atoms with Crippen molar-refractivity contribution in [3.05, 3.63) is 16.7 Å². The summed E-state index contributed by atoms with van der Waals surface area (Å²) in [7, 11) is 0. The van der Waals surface area contributed by atoms with Crippen LogP contribution in [-0.2, 0) is 12.8 Å². The van der Waals surface area contributed by atoms with E-state index in [1.54, 1.807) is 0 Å². The minimum Gasteiger partial charge on any atom is -0.504 e. The van der Waals surface area contributed by atoms with Crippen LogP contribution in [0.25, 0.3) is 0 Å². The van der Waals surface area contributed by atoms with Crippen molar-refractivity contribution in [2.75, 3.05) is 0 Å². The van der Waals surface area contributed by atoms with Gasteiger partial charge in [0.25, 0.3) is 0 Å². The van der Waals surface area contributed by atoms with Gasteiger partial charge in [-0.2, -0.15) is 0 Å². The second kappa shape index (κ2) is 3.39. The summed E-state index contributed by atoms with van der Waals surface area (Å²) in [6, 6.07) is 0. The van der Waals surface area contributed by atoms with Gasteiger partial charge in [-0.25, -0.2) is 0 Å². The van der Waals surface area contributed by atoms with Gasteiger partial charge in [0.2, 0.25) is 0 Å². The number of ether oxygens (including phenoxy) is 2. The number of hydrogen-bond donors (Lipinski definition) is 1. The molecule has 17 heavy (non-hydrogen) atoms. The van der Waals surface area contributed by atoms with Crippen molar-refractivity contribution in [1.29, 1.82) is 0 Å². The summed E-state index contributed by atoms with van der Waals surface area (Å²) in [6.07, 6.45) is 2.05. The van der Waals surface area contributed by atoms with Crippen molar-refractivity contribution in [1.82, 2.24) is 0 Å². The van der Waals surface area contributed by atoms with Crippen LogP contribution >= 0.6 is 0 Å². The molecule has 4 heteroatoms. The highest BCUT2D eigenvalue weighted by Gasteiger charge is 2.35. The molecule has 2 unspecified atom stereocenters. The van der Waals surface area contributed by atoms with E-state index in [1.165, 1.54) is 0 Å². The summed E-state index contributed by atoms with van der Waals surface area (Å²) in [5, 5.41) is 10.2. The van der Waals surface area contributed by atoms with Gasteiger partial charge in [0.15, 0.2) is 17.8 Å². The van der Waals surface area contributed by atoms with E-state index in [1.807, 2.05) is 13.8 Å². The van der Waals surface area contributed by atoms with Crippen molar-refractivity contribution < 1.29 is 19.4 Å². The van der Waals surface area contributed by atoms with Gasteiger partial charge in [-0.1, -0.05) is 0 Å². The molecule has 90 valence electrons. The molecule has 0 bridgehead atoms. The van der Waals surface area contributed by atoms with Gasteiger partial charge in [-0.3, -0.25) is 4.79 Å². The average molecular weight is 234 g/mol. The first-order valence-corrected chi connectivity index (χ1v) is 5.81. The molecule has 4 nitrogen and oxygen atoms in total. The van der Waals surface area contributed by atoms with Crippen LogP contribution < -0.4 is 9.47 Å². The number of fused-ring (bicyclic) bond motifs is 2. The summed E-state index contributed by atoms with van der Waals surface area (Å²) < 4.78 is 11.2. The Labute approximate surface area is 99.2 Å². The van der Waals surface area contributed by atoms with Crippen LogP contribution in [-0.4, -0.2) is 23.6 Å². The maximum atomic E-state index is 11.2. The molecule has 2 heterocycles. The van der Waals surface area contributed by atoms with Crippen molar-refractivity contribution in [3.8, 4) is 17.2 Å². The van der Waals surface area contributed by atoms with Gasteiger partial charge in [0.1, 0.15) is 18.0 Å². The Bertz CT molecular complexity index is 468. The zero-order valence-corrected chi connectivity index (χ0v) is 9.82. The number of carbonyl (C=O) groups is 1. The summed E-state index contributed by atoms with van der Waals surface area (Å²) in [6.45, 7) is 3.84. The van der Waals surface area contributed by atoms with Gasteiger partial charge < -0.3 is 14.6 Å². The van der Waals surface area contributed by atoms with Crippen LogP contribution in [0.5, 0.6) is 17.2 Å². The molecule has 0 saturated carbocycles. The lowest BCUT2D eigenvalue weighted by Crippen LogP contribution is -2.07. The first kappa shape index (κ1) is 10.4. The third-order valence-corrected chi connectivity index (χ3v) is 3.36. The van der Waals surface area contributed by atoms with E-state index in [4.69, 9.17) is 9.47 Å². The number of carbonyl (C=O) groups excluding carboxylic acids is 1. The van der Waals surface area contributed by atoms with Crippen LogP contribution in [0, 0.1) is 0 Å². The zero-order chi connectivity index (χ0) is 12.2. The molecule has 0 saturated heterocycles. The molecule has 0 aromatic heterocycles. The first-order valence-electron chi connectivity index (χ1n) is 5.81. The van der Waals surface area contributed by atoms with Gasteiger partial charge in [0.05, 0.1) is 5.56 Å². The van der Waals surface area contributed by atoms with E-state index < -0.39 is 0 Å². The number of phenolic OH excluding ortho intramolecular Hbond substituents is 1. The number of hydrogen-bond acceptors (Lipinski definition) is 4. The molecule has 1 N–H and O–H groups in total. The Balaban J connectivity index is 2.27. The van der Waals surface area contributed by atoms with Gasteiger partial charge in [-0.15, -0.1) is 0 Å². The van der Waals surface area contributed by atoms with E-state index in [0.717, 1.165) is 11.8 Å². The molecule has 3 rings (SSSR count). The van der Waals surface area contributed by atoms with Crippen LogP contribution in [0.15, 0.2) is 0 Å². The SMILES string of the molecule is CC1Cc2c(C=O)c3c(c(O)c2O1)CC(C)O3. The number of aldehydes is 1. The van der Waals surface area contributed by atoms with E-state index in [0.29, 0.717) is 35.5 Å². The van der Waals surface area contributed by atoms with Crippen molar-refractivity contribution in [3.63, 3.8) is 0 Å². The molecule has 1 aromatic rings. The number of phenols is 1. The summed E-state index contributed by atoms with van der Waals surface area (Å²) >= 11 is 0. The normalized spacial score (nSPS) is 24.8. The Morgan fingerprint density at radius 3 is 2.35 bits per heavy atom. The van der Waals surface area contributed by atoms with Crippen molar-refractivity contribution in [2.24, 2.45) is 0 Å². The second-order valence-electron chi connectivity index (χ2n) is 4.76. The Morgan fingerprint density at radius 1 is 1.12 bits per heavy atom. The molecule has 2 atom stereocenters. The molecule has 2 aliphatic heterocycles. The molecular formula is C13H14O4. The number of rotatable bonds is 1. The van der Waals surface area contributed by atoms with Gasteiger partial charge >= 0.3 is 0 Å². The third kappa shape index (κ3) is 1.33. The lowest BCUT2D eigenvalue weighted by molar-refractivity contribution is 0.111. The fourth-order valence-electron chi connectivity index (χ4n) is 2.65. The molecule has 0 radical (unpaired) electrons. The van der Waals surface area contributed by atoms with Crippen LogP contribution in [0.4, 0.5) is 0 Å². The smallest absolute Gasteiger partial charge is 0.165 e. The fraction of sp³-hybridized carbons (Fsp3) is 0.462. The molecule has 0 fully saturated rings. The lowest BCUT2D eigenvalue weighted by Gasteiger charge is -2.10. The summed E-state index contributed by atoms with van der Waals surface area (Å²) in [4.78, 5) is 11.2. The highest BCUT2D eigenvalue weighted by molar-refractivity contribution is 5.87. The zero-order valence-electron chi connectivity index (χ0n) is 9.82. The Hall–Kier alpha value is -1.71. The van der Waals surface area contributed by atoms with Crippen LogP contribution in [0.2, 0.25) is 0 Å². The second-order valence-corrected chi connectivity index (χ2v) is 4.76. The summed E-state index contributed by atoms with van der Waals surface area (Å²) in [5.74, 6) is 1.16. The highest BCUT2D eigenvalue weighted by atomic mass is 16.5. The minimum absolute atomic E-state index is 0.00505. The predicted octanol–water partition coefficient (Wildman–Crippen LogP) is 1.85. The average Bonchev–Trinajstić information content (AvgIpc) is 2.83. The standard InChI is InChI=1S/C13H14O4/c1-6-3-8-10(5-14)12-9(4-7(2)16-12)11(15)13(8)17-6/h5-7,15H,3-4H2,1-2H3. The predicted molar refractivity (Wildman–Crippen MR) is 61.1 cm³/mol. The number of aromatic hydroxyl groups is 1. The maximum Gasteiger partial charge on any atom is 0.165 e. The fourth-order valence-corrected chi connectivity index (χ4v) is 2.65. The van der Waals surface area contributed by atoms with Gasteiger partial charge in [-0.05, 0) is 13.8 Å². The summed E-state index contributed by atoms with van der Waals surface area (Å²) in [5.41, 5.74) is 2.02. The van der Waals surface area contributed by atoms with Crippen molar-refractivity contribution >= 4 is 6.29 Å². The quantitative estimate of drug-likeness (QED) is 0.753. The molecular weight excluding hydrogens is 220 g/mol. The van der Waals surface area contributed by atoms with Crippen molar-refractivity contribution in [2.45, 2.75) is 38.9 Å². The lowest BCUT2D eigenvalue weighted by atomic mass is 9.98. The highest BCUT2D eigenvalue weighted by Crippen LogP contribution is 2.49. The van der Waals surface area contributed by atoms with Crippen LogP contribution in [0.3, 0.4) is 0 Å². The van der Waals surface area contributed by atoms with E-state index in [-0.39, 0.29) is 18.0 Å². The first-order chi connectivity index (χ1) is 8.11. The molecule has 1 aromatic carbocycles. The monoisotopic (exact) mass is 234 g/mol. The largest absolute Gasteiger partial charge is 0.504 e. The minimum atomic E-state index is -0.00505. The van der Waals surface area contributed by atoms with Crippen LogP contribution in [0.1, 0.15) is 35.3 Å². The molecule has 0 amide bonds. The molecule has 2 aliphatic rings. The Morgan fingerprint density at radius 2 is 1.71 bits per heavy atom.